The van der Waals surface area contributed by atoms with Crippen LogP contribution in [0.1, 0.15) is 39.5 Å². The molecule has 2 nitrogen and oxygen atoms in total. The third kappa shape index (κ3) is 5.29. The molecule has 0 bridgehead atoms. The molecule has 0 aliphatic carbocycles. The van der Waals surface area contributed by atoms with Gasteiger partial charge >= 0.3 is 0 Å². The van der Waals surface area contributed by atoms with Crippen LogP contribution < -0.4 is 9.47 Å². The molecule has 2 rings (SSSR count). The standard InChI is InChI=1S/C19H24BrClO2/c1-14(2)23-19-16-10-6-5-9-15(16)18(13-17(19)21)22-12-8-4-3-7-11-20/h5-6,9-10,13-14H,3-4,7-8,11-12H2,1-2H3. The van der Waals surface area contributed by atoms with Gasteiger partial charge in [-0.1, -0.05) is 64.6 Å². The van der Waals surface area contributed by atoms with Crippen molar-refractivity contribution in [2.75, 3.05) is 11.9 Å². The highest BCUT2D eigenvalue weighted by atomic mass is 79.9. The lowest BCUT2D eigenvalue weighted by atomic mass is 10.1. The van der Waals surface area contributed by atoms with E-state index in [0.29, 0.717) is 11.6 Å². The van der Waals surface area contributed by atoms with Gasteiger partial charge in [-0.25, -0.2) is 0 Å². The molecule has 0 atom stereocenters. The summed E-state index contributed by atoms with van der Waals surface area (Å²) in [4.78, 5) is 0. The predicted molar refractivity (Wildman–Crippen MR) is 102 cm³/mol. The first-order valence-electron chi connectivity index (χ1n) is 8.20. The summed E-state index contributed by atoms with van der Waals surface area (Å²) in [7, 11) is 0. The van der Waals surface area contributed by atoms with Crippen LogP contribution in [0.25, 0.3) is 10.8 Å². The minimum Gasteiger partial charge on any atom is -0.493 e. The quantitative estimate of drug-likeness (QED) is 0.348. The van der Waals surface area contributed by atoms with Gasteiger partial charge in [-0.2, -0.15) is 0 Å². The Hall–Kier alpha value is -0.930. The van der Waals surface area contributed by atoms with E-state index < -0.39 is 0 Å². The molecule has 23 heavy (non-hydrogen) atoms. The van der Waals surface area contributed by atoms with E-state index in [1.807, 2.05) is 38.1 Å². The highest BCUT2D eigenvalue weighted by Gasteiger charge is 2.14. The largest absolute Gasteiger partial charge is 0.493 e. The Morgan fingerprint density at radius 3 is 2.43 bits per heavy atom. The van der Waals surface area contributed by atoms with Crippen molar-refractivity contribution in [2.24, 2.45) is 0 Å². The lowest BCUT2D eigenvalue weighted by molar-refractivity contribution is 0.245. The third-order valence-corrected chi connectivity index (χ3v) is 4.39. The van der Waals surface area contributed by atoms with Crippen LogP contribution in [0.4, 0.5) is 0 Å². The van der Waals surface area contributed by atoms with Crippen LogP contribution >= 0.6 is 27.5 Å². The molecule has 126 valence electrons. The molecule has 0 unspecified atom stereocenters. The van der Waals surface area contributed by atoms with Gasteiger partial charge in [0.15, 0.2) is 0 Å². The van der Waals surface area contributed by atoms with E-state index in [2.05, 4.69) is 22.0 Å². The molecule has 0 aliphatic heterocycles. The van der Waals surface area contributed by atoms with Gasteiger partial charge in [0.05, 0.1) is 17.7 Å². The first kappa shape index (κ1) is 18.4. The molecule has 0 aliphatic rings. The van der Waals surface area contributed by atoms with Crippen LogP contribution in [0.5, 0.6) is 11.5 Å². The first-order valence-corrected chi connectivity index (χ1v) is 9.70. The van der Waals surface area contributed by atoms with Crippen molar-refractivity contribution in [1.82, 2.24) is 0 Å². The summed E-state index contributed by atoms with van der Waals surface area (Å²) in [5.41, 5.74) is 0. The summed E-state index contributed by atoms with van der Waals surface area (Å²) in [6.07, 6.45) is 4.78. The molecule has 0 heterocycles. The van der Waals surface area contributed by atoms with Crippen molar-refractivity contribution in [3.63, 3.8) is 0 Å². The second-order valence-electron chi connectivity index (χ2n) is 5.85. The van der Waals surface area contributed by atoms with Crippen LogP contribution in [-0.4, -0.2) is 18.0 Å². The van der Waals surface area contributed by atoms with Gasteiger partial charge in [-0.3, -0.25) is 0 Å². The molecule has 0 fully saturated rings. The third-order valence-electron chi connectivity index (χ3n) is 3.55. The maximum atomic E-state index is 6.42. The number of unbranched alkanes of at least 4 members (excludes halogenated alkanes) is 3. The Kier molecular flexibility index (Phi) is 7.51. The second-order valence-corrected chi connectivity index (χ2v) is 7.05. The zero-order chi connectivity index (χ0) is 16.7. The predicted octanol–water partition coefficient (Wildman–Crippen LogP) is 6.61. The SMILES string of the molecule is CC(C)Oc1c(Cl)cc(OCCCCCCBr)c2ccccc12. The molecule has 0 spiro atoms. The summed E-state index contributed by atoms with van der Waals surface area (Å²) in [5, 5.41) is 3.73. The molecule has 0 N–H and O–H groups in total. The number of alkyl halides is 1. The molecule has 0 radical (unpaired) electrons. The van der Waals surface area contributed by atoms with E-state index in [-0.39, 0.29) is 6.10 Å². The summed E-state index contributed by atoms with van der Waals surface area (Å²) in [6, 6.07) is 9.97. The van der Waals surface area contributed by atoms with Gasteiger partial charge in [-0.05, 0) is 26.7 Å². The smallest absolute Gasteiger partial charge is 0.146 e. The topological polar surface area (TPSA) is 18.5 Å². The fraction of sp³-hybridized carbons (Fsp3) is 0.474. The van der Waals surface area contributed by atoms with Gasteiger partial charge in [-0.15, -0.1) is 0 Å². The Morgan fingerprint density at radius 1 is 1.04 bits per heavy atom. The molecule has 0 aromatic heterocycles. The highest BCUT2D eigenvalue weighted by Crippen LogP contribution is 2.40. The van der Waals surface area contributed by atoms with Crippen molar-refractivity contribution in [3.8, 4) is 11.5 Å². The van der Waals surface area contributed by atoms with Crippen molar-refractivity contribution >= 4 is 38.3 Å². The zero-order valence-electron chi connectivity index (χ0n) is 13.8. The van der Waals surface area contributed by atoms with Crippen LogP contribution in [0.2, 0.25) is 5.02 Å². The van der Waals surface area contributed by atoms with Crippen molar-refractivity contribution < 1.29 is 9.47 Å². The Balaban J connectivity index is 2.14. The fourth-order valence-electron chi connectivity index (χ4n) is 2.49. The molecule has 4 heteroatoms. The normalized spacial score (nSPS) is 11.2. The minimum absolute atomic E-state index is 0.0807. The van der Waals surface area contributed by atoms with E-state index in [4.69, 9.17) is 21.1 Å². The van der Waals surface area contributed by atoms with Gasteiger partial charge in [0, 0.05) is 22.2 Å². The van der Waals surface area contributed by atoms with E-state index in [1.54, 1.807) is 0 Å². The first-order chi connectivity index (χ1) is 11.1. The number of halogens is 2. The number of benzene rings is 2. The number of rotatable bonds is 9. The summed E-state index contributed by atoms with van der Waals surface area (Å²) in [5.74, 6) is 1.57. The van der Waals surface area contributed by atoms with Crippen LogP contribution in [0.3, 0.4) is 0 Å². The Labute approximate surface area is 152 Å². The fourth-order valence-corrected chi connectivity index (χ4v) is 3.13. The highest BCUT2D eigenvalue weighted by molar-refractivity contribution is 9.09. The van der Waals surface area contributed by atoms with Crippen LogP contribution in [0, 0.1) is 0 Å². The van der Waals surface area contributed by atoms with Crippen LogP contribution in [0.15, 0.2) is 30.3 Å². The monoisotopic (exact) mass is 398 g/mol. The number of ether oxygens (including phenoxy) is 2. The van der Waals surface area contributed by atoms with E-state index >= 15 is 0 Å². The van der Waals surface area contributed by atoms with Gasteiger partial charge < -0.3 is 9.47 Å². The number of hydrogen-bond acceptors (Lipinski definition) is 2. The molecule has 0 saturated heterocycles. The van der Waals surface area contributed by atoms with Gasteiger partial charge in [0.2, 0.25) is 0 Å². The van der Waals surface area contributed by atoms with Gasteiger partial charge in [0.1, 0.15) is 11.5 Å². The van der Waals surface area contributed by atoms with E-state index in [1.165, 1.54) is 19.3 Å². The molecule has 0 saturated carbocycles. The lowest BCUT2D eigenvalue weighted by Gasteiger charge is -2.17. The van der Waals surface area contributed by atoms with Crippen molar-refractivity contribution in [2.45, 2.75) is 45.6 Å². The van der Waals surface area contributed by atoms with Crippen molar-refractivity contribution in [1.29, 1.82) is 0 Å². The molecular formula is C19H24BrClO2. The van der Waals surface area contributed by atoms with Gasteiger partial charge in [0.25, 0.3) is 0 Å². The average Bonchev–Trinajstić information content (AvgIpc) is 2.54. The van der Waals surface area contributed by atoms with E-state index in [9.17, 15) is 0 Å². The van der Waals surface area contributed by atoms with E-state index in [0.717, 1.165) is 34.0 Å². The Bertz CT molecular complexity index is 628. The molecule has 0 amide bonds. The second kappa shape index (κ2) is 9.39. The number of fused-ring (bicyclic) bond motifs is 1. The summed E-state index contributed by atoms with van der Waals surface area (Å²) >= 11 is 9.88. The Morgan fingerprint density at radius 2 is 1.74 bits per heavy atom. The minimum atomic E-state index is 0.0807. The molecular weight excluding hydrogens is 376 g/mol. The maximum Gasteiger partial charge on any atom is 0.146 e. The lowest BCUT2D eigenvalue weighted by Crippen LogP contribution is -2.07. The molecule has 2 aromatic rings. The summed E-state index contributed by atoms with van der Waals surface area (Å²) in [6.45, 7) is 4.72. The summed E-state index contributed by atoms with van der Waals surface area (Å²) < 4.78 is 11.9. The average molecular weight is 400 g/mol. The zero-order valence-corrected chi connectivity index (χ0v) is 16.1. The maximum absolute atomic E-state index is 6.42. The van der Waals surface area contributed by atoms with Crippen molar-refractivity contribution in [3.05, 3.63) is 35.4 Å². The van der Waals surface area contributed by atoms with Crippen LogP contribution in [-0.2, 0) is 0 Å². The number of hydrogen-bond donors (Lipinski definition) is 0. The molecule has 2 aromatic carbocycles.